The van der Waals surface area contributed by atoms with Gasteiger partial charge >= 0.3 is 0 Å². The Hall–Kier alpha value is -1.66. The predicted molar refractivity (Wildman–Crippen MR) is 95.2 cm³/mol. The quantitative estimate of drug-likeness (QED) is 0.833. The fourth-order valence-electron chi connectivity index (χ4n) is 3.04. The predicted octanol–water partition coefficient (Wildman–Crippen LogP) is 3.28. The summed E-state index contributed by atoms with van der Waals surface area (Å²) < 4.78 is 5.28. The van der Waals surface area contributed by atoms with E-state index in [0.717, 1.165) is 51.3 Å². The molecule has 3 heterocycles. The van der Waals surface area contributed by atoms with Gasteiger partial charge in [-0.2, -0.15) is 0 Å². The molecule has 3 rings (SSSR count). The Morgan fingerprint density at radius 1 is 1.33 bits per heavy atom. The van der Waals surface area contributed by atoms with Gasteiger partial charge in [-0.05, 0) is 30.2 Å². The van der Waals surface area contributed by atoms with E-state index in [-0.39, 0.29) is 5.91 Å². The summed E-state index contributed by atoms with van der Waals surface area (Å²) in [7, 11) is 0. The molecule has 1 fully saturated rings. The third-order valence-electron chi connectivity index (χ3n) is 4.22. The zero-order chi connectivity index (χ0) is 16.9. The SMILES string of the molecule is CC(C)Cc1cc(C(=O)N2CCCN(Cc3cccs3)CC2)on1. The average molecular weight is 347 g/mol. The Morgan fingerprint density at radius 3 is 2.96 bits per heavy atom. The lowest BCUT2D eigenvalue weighted by Crippen LogP contribution is -2.34. The van der Waals surface area contributed by atoms with E-state index in [1.807, 2.05) is 4.90 Å². The first kappa shape index (κ1) is 17.2. The van der Waals surface area contributed by atoms with Crippen molar-refractivity contribution >= 4 is 17.2 Å². The molecule has 24 heavy (non-hydrogen) atoms. The van der Waals surface area contributed by atoms with Crippen molar-refractivity contribution in [3.63, 3.8) is 0 Å². The van der Waals surface area contributed by atoms with Crippen molar-refractivity contribution in [3.8, 4) is 0 Å². The summed E-state index contributed by atoms with van der Waals surface area (Å²) in [5.74, 6) is 0.842. The van der Waals surface area contributed by atoms with Crippen LogP contribution < -0.4 is 0 Å². The molecule has 2 aromatic rings. The molecular formula is C18H25N3O2S. The molecule has 2 aromatic heterocycles. The highest BCUT2D eigenvalue weighted by Crippen LogP contribution is 2.16. The summed E-state index contributed by atoms with van der Waals surface area (Å²) in [6.45, 7) is 8.68. The number of rotatable bonds is 5. The van der Waals surface area contributed by atoms with Crippen LogP contribution in [0.4, 0.5) is 0 Å². The second-order valence-corrected chi connectivity index (χ2v) is 7.81. The van der Waals surface area contributed by atoms with Gasteiger partial charge in [0.1, 0.15) is 0 Å². The Bertz CT molecular complexity index is 651. The maximum absolute atomic E-state index is 12.7. The zero-order valence-corrected chi connectivity index (χ0v) is 15.2. The fourth-order valence-corrected chi connectivity index (χ4v) is 3.78. The van der Waals surface area contributed by atoms with Gasteiger partial charge in [0.25, 0.3) is 5.91 Å². The van der Waals surface area contributed by atoms with Crippen LogP contribution in [0.5, 0.6) is 0 Å². The van der Waals surface area contributed by atoms with E-state index < -0.39 is 0 Å². The summed E-state index contributed by atoms with van der Waals surface area (Å²) in [5, 5.41) is 6.14. The number of amides is 1. The van der Waals surface area contributed by atoms with Crippen LogP contribution in [0.2, 0.25) is 0 Å². The first-order chi connectivity index (χ1) is 11.6. The zero-order valence-electron chi connectivity index (χ0n) is 14.4. The number of thiophene rings is 1. The van der Waals surface area contributed by atoms with Gasteiger partial charge in [-0.25, -0.2) is 0 Å². The van der Waals surface area contributed by atoms with Crippen LogP contribution in [-0.2, 0) is 13.0 Å². The minimum atomic E-state index is -0.0320. The van der Waals surface area contributed by atoms with Crippen LogP contribution in [0.25, 0.3) is 0 Å². The van der Waals surface area contributed by atoms with Crippen molar-refractivity contribution in [3.05, 3.63) is 39.9 Å². The summed E-state index contributed by atoms with van der Waals surface area (Å²) >= 11 is 1.79. The minimum Gasteiger partial charge on any atom is -0.351 e. The van der Waals surface area contributed by atoms with Crippen LogP contribution in [0, 0.1) is 5.92 Å². The Labute approximate surface area is 147 Å². The molecule has 0 bridgehead atoms. The topological polar surface area (TPSA) is 49.6 Å². The van der Waals surface area contributed by atoms with Gasteiger partial charge in [0, 0.05) is 43.7 Å². The first-order valence-electron chi connectivity index (χ1n) is 8.61. The summed E-state index contributed by atoms with van der Waals surface area (Å²) in [6, 6.07) is 6.06. The molecule has 5 nitrogen and oxygen atoms in total. The van der Waals surface area contributed by atoms with E-state index in [2.05, 4.69) is 41.4 Å². The molecule has 6 heteroatoms. The molecule has 130 valence electrons. The first-order valence-corrected chi connectivity index (χ1v) is 9.49. The standard InChI is InChI=1S/C18H25N3O2S/c1-14(2)11-15-12-17(23-19-15)18(22)21-7-4-6-20(8-9-21)13-16-5-3-10-24-16/h3,5,10,12,14H,4,6-9,11,13H2,1-2H3. The van der Waals surface area contributed by atoms with Crippen molar-refractivity contribution in [1.29, 1.82) is 0 Å². The van der Waals surface area contributed by atoms with Crippen molar-refractivity contribution in [1.82, 2.24) is 15.0 Å². The highest BCUT2D eigenvalue weighted by atomic mass is 32.1. The Morgan fingerprint density at radius 2 is 2.21 bits per heavy atom. The highest BCUT2D eigenvalue weighted by molar-refractivity contribution is 7.09. The largest absolute Gasteiger partial charge is 0.351 e. The van der Waals surface area contributed by atoms with Crippen LogP contribution in [-0.4, -0.2) is 47.0 Å². The molecule has 1 saturated heterocycles. The second kappa shape index (κ2) is 7.94. The molecule has 1 amide bonds. The molecule has 0 saturated carbocycles. The van der Waals surface area contributed by atoms with E-state index in [1.54, 1.807) is 17.4 Å². The van der Waals surface area contributed by atoms with Crippen LogP contribution in [0.3, 0.4) is 0 Å². The molecule has 0 unspecified atom stereocenters. The number of aromatic nitrogens is 1. The van der Waals surface area contributed by atoms with Gasteiger partial charge in [0.2, 0.25) is 5.76 Å². The normalized spacial score (nSPS) is 16.5. The minimum absolute atomic E-state index is 0.0320. The van der Waals surface area contributed by atoms with E-state index in [9.17, 15) is 4.79 Å². The number of hydrogen-bond acceptors (Lipinski definition) is 5. The molecule has 0 radical (unpaired) electrons. The van der Waals surface area contributed by atoms with Crippen LogP contribution in [0.1, 0.15) is 41.4 Å². The third-order valence-corrected chi connectivity index (χ3v) is 5.08. The number of carbonyl (C=O) groups excluding carboxylic acids is 1. The maximum Gasteiger partial charge on any atom is 0.292 e. The lowest BCUT2D eigenvalue weighted by molar-refractivity contribution is 0.0719. The molecule has 0 N–H and O–H groups in total. The van der Waals surface area contributed by atoms with Crippen molar-refractivity contribution in [2.45, 2.75) is 33.2 Å². The van der Waals surface area contributed by atoms with Gasteiger partial charge in [-0.15, -0.1) is 11.3 Å². The molecule has 1 aliphatic rings. The second-order valence-electron chi connectivity index (χ2n) is 6.78. The van der Waals surface area contributed by atoms with E-state index in [4.69, 9.17) is 4.52 Å². The molecule has 0 aliphatic carbocycles. The Kier molecular flexibility index (Phi) is 5.68. The number of nitrogens with zero attached hydrogens (tertiary/aromatic N) is 3. The van der Waals surface area contributed by atoms with E-state index in [0.29, 0.717) is 11.7 Å². The monoisotopic (exact) mass is 347 g/mol. The van der Waals surface area contributed by atoms with Crippen molar-refractivity contribution in [2.24, 2.45) is 5.92 Å². The smallest absolute Gasteiger partial charge is 0.292 e. The Balaban J connectivity index is 1.57. The summed E-state index contributed by atoms with van der Waals surface area (Å²) in [5.41, 5.74) is 0.863. The van der Waals surface area contributed by atoms with Gasteiger partial charge in [-0.3, -0.25) is 9.69 Å². The lowest BCUT2D eigenvalue weighted by atomic mass is 10.1. The fraction of sp³-hybridized carbons (Fsp3) is 0.556. The number of carbonyl (C=O) groups is 1. The number of hydrogen-bond donors (Lipinski definition) is 0. The van der Waals surface area contributed by atoms with E-state index >= 15 is 0 Å². The van der Waals surface area contributed by atoms with Crippen molar-refractivity contribution < 1.29 is 9.32 Å². The molecule has 1 aliphatic heterocycles. The third kappa shape index (κ3) is 4.45. The highest BCUT2D eigenvalue weighted by Gasteiger charge is 2.23. The van der Waals surface area contributed by atoms with Gasteiger partial charge in [0.05, 0.1) is 5.69 Å². The molecule has 0 aromatic carbocycles. The van der Waals surface area contributed by atoms with Gasteiger partial charge < -0.3 is 9.42 Å². The lowest BCUT2D eigenvalue weighted by Gasteiger charge is -2.20. The van der Waals surface area contributed by atoms with E-state index in [1.165, 1.54) is 4.88 Å². The molecular weight excluding hydrogens is 322 g/mol. The molecule has 0 spiro atoms. The summed E-state index contributed by atoms with van der Waals surface area (Å²) in [4.78, 5) is 18.3. The summed E-state index contributed by atoms with van der Waals surface area (Å²) in [6.07, 6.45) is 1.83. The van der Waals surface area contributed by atoms with Crippen LogP contribution >= 0.6 is 11.3 Å². The van der Waals surface area contributed by atoms with Gasteiger partial charge in [0.15, 0.2) is 0 Å². The van der Waals surface area contributed by atoms with Crippen LogP contribution in [0.15, 0.2) is 28.1 Å². The average Bonchev–Trinajstić information content (AvgIpc) is 3.15. The van der Waals surface area contributed by atoms with Crippen molar-refractivity contribution in [2.75, 3.05) is 26.2 Å². The molecule has 0 atom stereocenters. The van der Waals surface area contributed by atoms with Gasteiger partial charge in [-0.1, -0.05) is 25.1 Å². The maximum atomic E-state index is 12.7.